The van der Waals surface area contributed by atoms with E-state index < -0.39 is 0 Å². The van der Waals surface area contributed by atoms with E-state index in [1.807, 2.05) is 12.4 Å². The first-order valence-corrected chi connectivity index (χ1v) is 7.38. The van der Waals surface area contributed by atoms with Crippen molar-refractivity contribution in [2.75, 3.05) is 6.54 Å². The highest BCUT2D eigenvalue weighted by Crippen LogP contribution is 2.53. The van der Waals surface area contributed by atoms with Crippen LogP contribution < -0.4 is 5.32 Å². The molecule has 2 saturated carbocycles. The van der Waals surface area contributed by atoms with Gasteiger partial charge in [-0.3, -0.25) is 0 Å². The van der Waals surface area contributed by atoms with Crippen LogP contribution in [0, 0.1) is 17.8 Å². The van der Waals surface area contributed by atoms with Crippen LogP contribution in [-0.2, 0) is 0 Å². The lowest BCUT2D eigenvalue weighted by Gasteiger charge is -2.28. The molecule has 2 aliphatic carbocycles. The molecule has 3 heteroatoms. The third kappa shape index (κ3) is 2.72. The standard InChI is InChI=1S/C15H23N3/c1-2-7-18-15(13-8-16-10-17-9-13)14(11-3-4-11)12-5-6-12/h8-12,14-15,18H,2-7H2,1H3. The summed E-state index contributed by atoms with van der Waals surface area (Å²) in [6.07, 6.45) is 12.5. The quantitative estimate of drug-likeness (QED) is 0.802. The van der Waals surface area contributed by atoms with Gasteiger partial charge in [-0.05, 0) is 56.4 Å². The summed E-state index contributed by atoms with van der Waals surface area (Å²) in [7, 11) is 0. The van der Waals surface area contributed by atoms with Gasteiger partial charge in [0, 0.05) is 24.0 Å². The molecule has 1 heterocycles. The maximum absolute atomic E-state index is 4.20. The number of rotatable bonds is 7. The second-order valence-corrected chi connectivity index (χ2v) is 5.86. The van der Waals surface area contributed by atoms with Crippen LogP contribution in [0.15, 0.2) is 18.7 Å². The summed E-state index contributed by atoms with van der Waals surface area (Å²) in [5, 5.41) is 3.75. The van der Waals surface area contributed by atoms with E-state index in [2.05, 4.69) is 22.2 Å². The van der Waals surface area contributed by atoms with E-state index in [1.54, 1.807) is 6.33 Å². The van der Waals surface area contributed by atoms with Gasteiger partial charge >= 0.3 is 0 Å². The zero-order chi connectivity index (χ0) is 12.4. The summed E-state index contributed by atoms with van der Waals surface area (Å²) in [5.74, 6) is 2.72. The molecule has 2 fully saturated rings. The number of nitrogens with one attached hydrogen (secondary N) is 1. The highest BCUT2D eigenvalue weighted by molar-refractivity contribution is 5.14. The predicted octanol–water partition coefficient (Wildman–Crippen LogP) is 2.95. The van der Waals surface area contributed by atoms with Gasteiger partial charge in [-0.25, -0.2) is 9.97 Å². The fourth-order valence-electron chi connectivity index (χ4n) is 3.14. The average molecular weight is 245 g/mol. The molecule has 1 atom stereocenters. The lowest BCUT2D eigenvalue weighted by atomic mass is 9.86. The Morgan fingerprint density at radius 3 is 2.28 bits per heavy atom. The van der Waals surface area contributed by atoms with Crippen molar-refractivity contribution >= 4 is 0 Å². The summed E-state index contributed by atoms with van der Waals surface area (Å²) < 4.78 is 0. The van der Waals surface area contributed by atoms with Crippen LogP contribution in [0.1, 0.15) is 50.6 Å². The van der Waals surface area contributed by atoms with Crippen molar-refractivity contribution in [1.29, 1.82) is 0 Å². The van der Waals surface area contributed by atoms with Gasteiger partial charge < -0.3 is 5.32 Å². The van der Waals surface area contributed by atoms with Gasteiger partial charge in [-0.1, -0.05) is 6.92 Å². The first kappa shape index (κ1) is 12.1. The highest BCUT2D eigenvalue weighted by Gasteiger charge is 2.45. The number of aromatic nitrogens is 2. The van der Waals surface area contributed by atoms with Crippen LogP contribution >= 0.6 is 0 Å². The molecule has 0 bridgehead atoms. The minimum atomic E-state index is 0.478. The minimum absolute atomic E-state index is 0.478. The molecule has 0 radical (unpaired) electrons. The van der Waals surface area contributed by atoms with Crippen molar-refractivity contribution in [3.05, 3.63) is 24.3 Å². The smallest absolute Gasteiger partial charge is 0.115 e. The van der Waals surface area contributed by atoms with Gasteiger partial charge in [-0.15, -0.1) is 0 Å². The molecule has 2 aliphatic rings. The van der Waals surface area contributed by atoms with Gasteiger partial charge in [0.05, 0.1) is 0 Å². The molecule has 1 aromatic heterocycles. The zero-order valence-electron chi connectivity index (χ0n) is 11.2. The van der Waals surface area contributed by atoms with Gasteiger partial charge in [-0.2, -0.15) is 0 Å². The Morgan fingerprint density at radius 2 is 1.78 bits per heavy atom. The minimum Gasteiger partial charge on any atom is -0.310 e. The molecule has 18 heavy (non-hydrogen) atoms. The second-order valence-electron chi connectivity index (χ2n) is 5.86. The molecule has 3 nitrogen and oxygen atoms in total. The average Bonchev–Trinajstić information content (AvgIpc) is 3.29. The largest absolute Gasteiger partial charge is 0.310 e. The van der Waals surface area contributed by atoms with Crippen LogP contribution in [-0.4, -0.2) is 16.5 Å². The Morgan fingerprint density at radius 1 is 1.17 bits per heavy atom. The molecular formula is C15H23N3. The van der Waals surface area contributed by atoms with Gasteiger partial charge in [0.25, 0.3) is 0 Å². The first-order chi connectivity index (χ1) is 8.90. The third-order valence-corrected chi connectivity index (χ3v) is 4.27. The molecule has 3 rings (SSSR count). The van der Waals surface area contributed by atoms with E-state index in [0.717, 1.165) is 24.3 Å². The van der Waals surface area contributed by atoms with Gasteiger partial charge in [0.1, 0.15) is 6.33 Å². The molecular weight excluding hydrogens is 222 g/mol. The van der Waals surface area contributed by atoms with Crippen molar-refractivity contribution in [2.24, 2.45) is 17.8 Å². The summed E-state index contributed by atoms with van der Waals surface area (Å²) in [5.41, 5.74) is 1.29. The Labute approximate surface area is 109 Å². The van der Waals surface area contributed by atoms with Gasteiger partial charge in [0.2, 0.25) is 0 Å². The van der Waals surface area contributed by atoms with E-state index in [9.17, 15) is 0 Å². The fourth-order valence-corrected chi connectivity index (χ4v) is 3.14. The molecule has 1 unspecified atom stereocenters. The Bertz CT molecular complexity index is 359. The van der Waals surface area contributed by atoms with E-state index in [-0.39, 0.29) is 0 Å². The highest BCUT2D eigenvalue weighted by atomic mass is 14.9. The van der Waals surface area contributed by atoms with E-state index in [0.29, 0.717) is 6.04 Å². The van der Waals surface area contributed by atoms with Crippen molar-refractivity contribution in [2.45, 2.75) is 45.1 Å². The number of hydrogen-bond donors (Lipinski definition) is 1. The molecule has 1 N–H and O–H groups in total. The summed E-state index contributed by atoms with van der Waals surface area (Å²) in [4.78, 5) is 8.41. The number of hydrogen-bond acceptors (Lipinski definition) is 3. The van der Waals surface area contributed by atoms with Crippen LogP contribution in [0.25, 0.3) is 0 Å². The van der Waals surface area contributed by atoms with Crippen LogP contribution in [0.3, 0.4) is 0 Å². The van der Waals surface area contributed by atoms with E-state index in [4.69, 9.17) is 0 Å². The molecule has 0 aliphatic heterocycles. The SMILES string of the molecule is CCCNC(c1cncnc1)C(C1CC1)C1CC1. The lowest BCUT2D eigenvalue weighted by molar-refractivity contribution is 0.286. The van der Waals surface area contributed by atoms with Crippen LogP contribution in [0.4, 0.5) is 0 Å². The van der Waals surface area contributed by atoms with E-state index >= 15 is 0 Å². The normalized spacial score (nSPS) is 21.2. The Hall–Kier alpha value is -0.960. The summed E-state index contributed by atoms with van der Waals surface area (Å²) in [6.45, 7) is 3.32. The lowest BCUT2D eigenvalue weighted by Crippen LogP contribution is -2.31. The van der Waals surface area contributed by atoms with Crippen molar-refractivity contribution in [3.8, 4) is 0 Å². The summed E-state index contributed by atoms with van der Waals surface area (Å²) in [6, 6.07) is 0.478. The molecule has 0 spiro atoms. The second kappa shape index (κ2) is 5.35. The molecule has 1 aromatic rings. The maximum atomic E-state index is 4.20. The first-order valence-electron chi connectivity index (χ1n) is 7.38. The molecule has 0 saturated heterocycles. The molecule has 98 valence electrons. The predicted molar refractivity (Wildman–Crippen MR) is 72.0 cm³/mol. The van der Waals surface area contributed by atoms with Crippen LogP contribution in [0.2, 0.25) is 0 Å². The monoisotopic (exact) mass is 245 g/mol. The topological polar surface area (TPSA) is 37.8 Å². The zero-order valence-corrected chi connectivity index (χ0v) is 11.2. The van der Waals surface area contributed by atoms with E-state index in [1.165, 1.54) is 37.7 Å². The maximum Gasteiger partial charge on any atom is 0.115 e. The fraction of sp³-hybridized carbons (Fsp3) is 0.733. The molecule has 0 aromatic carbocycles. The van der Waals surface area contributed by atoms with Crippen molar-refractivity contribution < 1.29 is 0 Å². The van der Waals surface area contributed by atoms with Crippen molar-refractivity contribution in [1.82, 2.24) is 15.3 Å². The Kier molecular flexibility index (Phi) is 3.59. The van der Waals surface area contributed by atoms with Crippen LogP contribution in [0.5, 0.6) is 0 Å². The Balaban J connectivity index is 1.79. The van der Waals surface area contributed by atoms with Crippen molar-refractivity contribution in [3.63, 3.8) is 0 Å². The number of nitrogens with zero attached hydrogens (tertiary/aromatic N) is 2. The third-order valence-electron chi connectivity index (χ3n) is 4.27. The summed E-state index contributed by atoms with van der Waals surface area (Å²) >= 11 is 0. The van der Waals surface area contributed by atoms with Gasteiger partial charge in [0.15, 0.2) is 0 Å². The molecule has 0 amide bonds.